The Hall–Kier alpha value is -3.09. The number of H-pyrrole nitrogens is 1. The highest BCUT2D eigenvalue weighted by atomic mass is 35.5. The van der Waals surface area contributed by atoms with Crippen molar-refractivity contribution in [2.75, 3.05) is 0 Å². The van der Waals surface area contributed by atoms with Gasteiger partial charge in [-0.05, 0) is 17.7 Å². The number of halogens is 5. The van der Waals surface area contributed by atoms with Gasteiger partial charge < -0.3 is 0 Å². The van der Waals surface area contributed by atoms with Crippen molar-refractivity contribution in [1.82, 2.24) is 14.8 Å². The summed E-state index contributed by atoms with van der Waals surface area (Å²) in [5.74, 6) is 0. The predicted octanol–water partition coefficient (Wildman–Crippen LogP) is 3.98. The van der Waals surface area contributed by atoms with Crippen LogP contribution in [0, 0.1) is 11.3 Å². The fourth-order valence-corrected chi connectivity index (χ4v) is 3.40. The van der Waals surface area contributed by atoms with Gasteiger partial charge in [-0.3, -0.25) is 9.78 Å². The van der Waals surface area contributed by atoms with Crippen LogP contribution in [0.25, 0.3) is 16.8 Å². The lowest BCUT2D eigenvalue weighted by Crippen LogP contribution is -2.30. The zero-order valence-corrected chi connectivity index (χ0v) is 15.7. The zero-order chi connectivity index (χ0) is 21.3. The first kappa shape index (κ1) is 20.6. The topological polar surface area (TPSA) is 91.5 Å². The van der Waals surface area contributed by atoms with Gasteiger partial charge in [-0.25, -0.2) is 4.79 Å². The lowest BCUT2D eigenvalue weighted by molar-refractivity contribution is -0.137. The van der Waals surface area contributed by atoms with Crippen molar-refractivity contribution in [3.05, 3.63) is 78.5 Å². The van der Waals surface area contributed by atoms with E-state index in [0.29, 0.717) is 0 Å². The third-order valence-electron chi connectivity index (χ3n) is 3.98. The first-order chi connectivity index (χ1) is 13.6. The molecule has 0 bridgehead atoms. The van der Waals surface area contributed by atoms with Gasteiger partial charge in [0.25, 0.3) is 5.56 Å². The molecule has 0 aliphatic rings. The van der Waals surface area contributed by atoms with Gasteiger partial charge in [-0.1, -0.05) is 41.4 Å². The van der Waals surface area contributed by atoms with Crippen LogP contribution in [0.1, 0.15) is 11.1 Å². The first-order valence-electron chi connectivity index (χ1n) is 7.88. The Morgan fingerprint density at radius 2 is 1.90 bits per heavy atom. The monoisotopic (exact) mass is 440 g/mol. The molecule has 0 saturated carbocycles. The molecule has 29 heavy (non-hydrogen) atoms. The van der Waals surface area contributed by atoms with E-state index in [1.54, 1.807) is 0 Å². The van der Waals surface area contributed by atoms with Crippen LogP contribution < -0.4 is 11.2 Å². The third kappa shape index (κ3) is 3.90. The highest BCUT2D eigenvalue weighted by Crippen LogP contribution is 2.45. The fourth-order valence-electron chi connectivity index (χ4n) is 2.84. The molecule has 148 valence electrons. The number of hydrogen-bond acceptors (Lipinski definition) is 4. The van der Waals surface area contributed by atoms with Crippen molar-refractivity contribution in [3.63, 3.8) is 0 Å². The molecule has 3 aromatic rings. The summed E-state index contributed by atoms with van der Waals surface area (Å²) in [6.45, 7) is 0. The molecular weight excluding hydrogens is 432 g/mol. The van der Waals surface area contributed by atoms with E-state index < -0.39 is 28.0 Å². The number of alkyl halides is 3. The molecule has 0 atom stereocenters. The Morgan fingerprint density at radius 3 is 2.52 bits per heavy atom. The minimum Gasteiger partial charge on any atom is -0.271 e. The second-order valence-electron chi connectivity index (χ2n) is 5.78. The van der Waals surface area contributed by atoms with Gasteiger partial charge in [-0.15, -0.1) is 0 Å². The maximum Gasteiger partial charge on any atom is 0.418 e. The van der Waals surface area contributed by atoms with Gasteiger partial charge in [0, 0.05) is 11.1 Å². The molecule has 2 aromatic carbocycles. The molecule has 0 aliphatic carbocycles. The second kappa shape index (κ2) is 7.73. The minimum atomic E-state index is -4.83. The van der Waals surface area contributed by atoms with Crippen molar-refractivity contribution in [2.24, 2.45) is 0 Å². The summed E-state index contributed by atoms with van der Waals surface area (Å²) in [6, 6.07) is 8.21. The lowest BCUT2D eigenvalue weighted by Gasteiger charge is -2.19. The summed E-state index contributed by atoms with van der Waals surface area (Å²) in [6.07, 6.45) is -4.33. The van der Waals surface area contributed by atoms with Gasteiger partial charge in [-0.2, -0.15) is 28.2 Å². The summed E-state index contributed by atoms with van der Waals surface area (Å²) in [5, 5.41) is 11.9. The van der Waals surface area contributed by atoms with Crippen molar-refractivity contribution >= 4 is 23.2 Å². The molecule has 0 unspecified atom stereocenters. The van der Waals surface area contributed by atoms with E-state index >= 15 is 0 Å². The van der Waals surface area contributed by atoms with E-state index in [2.05, 4.69) is 5.10 Å². The summed E-state index contributed by atoms with van der Waals surface area (Å²) >= 11 is 12.2. The van der Waals surface area contributed by atoms with E-state index in [1.807, 2.05) is 11.1 Å². The van der Waals surface area contributed by atoms with Crippen molar-refractivity contribution in [3.8, 4) is 22.9 Å². The van der Waals surface area contributed by atoms with Crippen LogP contribution in [0.15, 0.2) is 46.1 Å². The Balaban J connectivity index is 2.39. The van der Waals surface area contributed by atoms with Crippen molar-refractivity contribution < 1.29 is 13.2 Å². The highest BCUT2D eigenvalue weighted by Gasteiger charge is 2.38. The number of aromatic nitrogens is 3. The summed E-state index contributed by atoms with van der Waals surface area (Å²) in [4.78, 5) is 25.2. The van der Waals surface area contributed by atoms with Gasteiger partial charge in [0.15, 0.2) is 0 Å². The molecule has 0 aliphatic heterocycles. The molecule has 11 heteroatoms. The quantitative estimate of drug-likeness (QED) is 0.666. The van der Waals surface area contributed by atoms with Crippen LogP contribution in [0.5, 0.6) is 0 Å². The van der Waals surface area contributed by atoms with Crippen LogP contribution in [0.4, 0.5) is 13.2 Å². The molecular formula is C18H9Cl2F3N4O2. The van der Waals surface area contributed by atoms with E-state index in [-0.39, 0.29) is 33.8 Å². The average molecular weight is 441 g/mol. The summed E-state index contributed by atoms with van der Waals surface area (Å²) in [5.41, 5.74) is -3.26. The second-order valence-corrected chi connectivity index (χ2v) is 6.56. The Bertz CT molecular complexity index is 1260. The van der Waals surface area contributed by atoms with Crippen LogP contribution in [0.3, 0.4) is 0 Å². The largest absolute Gasteiger partial charge is 0.418 e. The van der Waals surface area contributed by atoms with E-state index in [9.17, 15) is 22.8 Å². The van der Waals surface area contributed by atoms with Crippen LogP contribution in [-0.2, 0) is 12.6 Å². The van der Waals surface area contributed by atoms with Gasteiger partial charge in [0.2, 0.25) is 0 Å². The molecule has 0 radical (unpaired) electrons. The van der Waals surface area contributed by atoms with E-state index in [0.717, 1.165) is 16.9 Å². The fraction of sp³-hybridized carbons (Fsp3) is 0.111. The summed E-state index contributed by atoms with van der Waals surface area (Å²) < 4.78 is 42.0. The molecule has 3 rings (SSSR count). The summed E-state index contributed by atoms with van der Waals surface area (Å²) in [7, 11) is 0. The SMILES string of the molecule is N#CCc1ccc(Cl)c(C(F)(F)F)c1-c1cccc(-n2ncc(=O)[nH]c2=O)c1Cl. The van der Waals surface area contributed by atoms with Crippen molar-refractivity contribution in [2.45, 2.75) is 12.6 Å². The smallest absolute Gasteiger partial charge is 0.271 e. The maximum atomic E-state index is 13.8. The van der Waals surface area contributed by atoms with Crippen LogP contribution >= 0.6 is 23.2 Å². The molecule has 0 spiro atoms. The Morgan fingerprint density at radius 1 is 1.17 bits per heavy atom. The number of nitrogens with one attached hydrogen (secondary N) is 1. The first-order valence-corrected chi connectivity index (χ1v) is 8.64. The number of nitriles is 1. The number of benzene rings is 2. The molecule has 0 fully saturated rings. The lowest BCUT2D eigenvalue weighted by atomic mass is 9.92. The number of nitrogens with zero attached hydrogens (tertiary/aromatic N) is 3. The van der Waals surface area contributed by atoms with Crippen LogP contribution in [-0.4, -0.2) is 14.8 Å². The average Bonchev–Trinajstić information content (AvgIpc) is 2.63. The highest BCUT2D eigenvalue weighted by molar-refractivity contribution is 6.36. The number of aromatic amines is 1. The third-order valence-corrected chi connectivity index (χ3v) is 4.69. The molecule has 1 aromatic heterocycles. The normalized spacial score (nSPS) is 11.3. The molecule has 1 N–H and O–H groups in total. The van der Waals surface area contributed by atoms with Gasteiger partial charge in [0.05, 0.1) is 33.8 Å². The van der Waals surface area contributed by atoms with E-state index in [4.69, 9.17) is 28.5 Å². The van der Waals surface area contributed by atoms with Crippen molar-refractivity contribution in [1.29, 1.82) is 5.26 Å². The molecule has 6 nitrogen and oxygen atoms in total. The minimum absolute atomic E-state index is 0.0542. The molecule has 1 heterocycles. The molecule has 0 amide bonds. The Labute approximate surface area is 170 Å². The number of hydrogen-bond donors (Lipinski definition) is 1. The maximum absolute atomic E-state index is 13.8. The predicted molar refractivity (Wildman–Crippen MR) is 100 cm³/mol. The van der Waals surface area contributed by atoms with E-state index in [1.165, 1.54) is 24.3 Å². The number of rotatable bonds is 3. The zero-order valence-electron chi connectivity index (χ0n) is 14.2. The van der Waals surface area contributed by atoms with Crippen LogP contribution in [0.2, 0.25) is 10.0 Å². The molecule has 0 saturated heterocycles. The van der Waals surface area contributed by atoms with Gasteiger partial charge >= 0.3 is 11.9 Å². The Kier molecular flexibility index (Phi) is 5.50. The van der Waals surface area contributed by atoms with Gasteiger partial charge in [0.1, 0.15) is 6.20 Å². The standard InChI is InChI=1S/C18H9Cl2F3N4O2/c19-11-5-4-9(6-7-24)14(15(11)18(21,22)23)10-2-1-3-12(16(10)20)27-17(29)26-13(28)8-25-27/h1-5,8H,6H2,(H,26,28,29).